The summed E-state index contributed by atoms with van der Waals surface area (Å²) in [6.07, 6.45) is 1.62. The Labute approximate surface area is 150 Å². The van der Waals surface area contributed by atoms with Gasteiger partial charge < -0.3 is 14.4 Å². The first-order valence-corrected chi connectivity index (χ1v) is 8.20. The van der Waals surface area contributed by atoms with E-state index >= 15 is 0 Å². The fourth-order valence-corrected chi connectivity index (χ4v) is 2.47. The van der Waals surface area contributed by atoms with Crippen molar-refractivity contribution >= 4 is 23.6 Å². The topological polar surface area (TPSA) is 99.4 Å². The maximum absolute atomic E-state index is 12.6. The number of tetrazole rings is 1. The SMILES string of the molecule is Cc1nnnn1/C(=C\c1ccccc1)C(=O)OCC(=O)N1CCOCC1. The average molecular weight is 357 g/mol. The van der Waals surface area contributed by atoms with Crippen LogP contribution >= 0.6 is 0 Å². The van der Waals surface area contributed by atoms with E-state index < -0.39 is 5.97 Å². The average Bonchev–Trinajstić information content (AvgIpc) is 3.11. The van der Waals surface area contributed by atoms with Gasteiger partial charge in [-0.1, -0.05) is 30.3 Å². The van der Waals surface area contributed by atoms with Crippen LogP contribution in [0.4, 0.5) is 0 Å². The summed E-state index contributed by atoms with van der Waals surface area (Å²) in [5.41, 5.74) is 0.919. The molecule has 0 unspecified atom stereocenters. The lowest BCUT2D eigenvalue weighted by molar-refractivity contribution is -0.149. The summed E-state index contributed by atoms with van der Waals surface area (Å²) in [6.45, 7) is 3.30. The van der Waals surface area contributed by atoms with Crippen LogP contribution in [0.3, 0.4) is 0 Å². The van der Waals surface area contributed by atoms with Gasteiger partial charge in [0.05, 0.1) is 13.2 Å². The van der Waals surface area contributed by atoms with Gasteiger partial charge in [-0.25, -0.2) is 4.79 Å². The molecule has 26 heavy (non-hydrogen) atoms. The van der Waals surface area contributed by atoms with E-state index in [1.165, 1.54) is 4.68 Å². The maximum atomic E-state index is 12.6. The zero-order valence-corrected chi connectivity index (χ0v) is 14.4. The van der Waals surface area contributed by atoms with Gasteiger partial charge in [0.15, 0.2) is 18.1 Å². The molecular formula is C17H19N5O4. The predicted molar refractivity (Wildman–Crippen MR) is 91.5 cm³/mol. The second-order valence-corrected chi connectivity index (χ2v) is 5.65. The molecule has 1 aliphatic heterocycles. The molecule has 9 nitrogen and oxygen atoms in total. The summed E-state index contributed by atoms with van der Waals surface area (Å²) in [6, 6.07) is 9.25. The molecule has 136 valence electrons. The van der Waals surface area contributed by atoms with E-state index in [4.69, 9.17) is 9.47 Å². The van der Waals surface area contributed by atoms with Gasteiger partial charge >= 0.3 is 5.97 Å². The zero-order valence-electron chi connectivity index (χ0n) is 14.4. The molecule has 0 aliphatic carbocycles. The van der Waals surface area contributed by atoms with E-state index in [2.05, 4.69) is 15.5 Å². The second kappa shape index (κ2) is 8.34. The third-order valence-corrected chi connectivity index (χ3v) is 3.86. The smallest absolute Gasteiger partial charge is 0.357 e. The van der Waals surface area contributed by atoms with E-state index in [9.17, 15) is 9.59 Å². The van der Waals surface area contributed by atoms with Crippen molar-refractivity contribution in [2.45, 2.75) is 6.92 Å². The van der Waals surface area contributed by atoms with Crippen LogP contribution in [0.5, 0.6) is 0 Å². The van der Waals surface area contributed by atoms with Crippen LogP contribution in [0.15, 0.2) is 30.3 Å². The van der Waals surface area contributed by atoms with Crippen LogP contribution in [0.25, 0.3) is 11.8 Å². The number of carbonyl (C=O) groups is 2. The van der Waals surface area contributed by atoms with E-state index in [0.717, 1.165) is 5.56 Å². The number of amides is 1. The number of esters is 1. The zero-order chi connectivity index (χ0) is 18.4. The summed E-state index contributed by atoms with van der Waals surface area (Å²) < 4.78 is 11.7. The minimum atomic E-state index is -0.675. The Kier molecular flexibility index (Phi) is 5.69. The molecule has 1 aromatic heterocycles. The van der Waals surface area contributed by atoms with Crippen LogP contribution in [-0.4, -0.2) is 69.9 Å². The first-order valence-electron chi connectivity index (χ1n) is 8.20. The first-order chi connectivity index (χ1) is 12.6. The van der Waals surface area contributed by atoms with Crippen molar-refractivity contribution in [3.8, 4) is 0 Å². The molecule has 0 N–H and O–H groups in total. The number of carbonyl (C=O) groups excluding carboxylic acids is 2. The maximum Gasteiger partial charge on any atom is 0.357 e. The van der Waals surface area contributed by atoms with E-state index in [1.54, 1.807) is 17.9 Å². The molecule has 0 saturated carbocycles. The molecule has 3 rings (SSSR count). The summed E-state index contributed by atoms with van der Waals surface area (Å²) in [4.78, 5) is 26.4. The van der Waals surface area contributed by atoms with E-state index in [1.807, 2.05) is 30.3 Å². The molecule has 1 aliphatic rings. The van der Waals surface area contributed by atoms with Crippen LogP contribution < -0.4 is 0 Å². The Morgan fingerprint density at radius 2 is 1.96 bits per heavy atom. The lowest BCUT2D eigenvalue weighted by atomic mass is 10.2. The predicted octanol–water partition coefficient (Wildman–Crippen LogP) is 0.382. The quantitative estimate of drug-likeness (QED) is 0.563. The Morgan fingerprint density at radius 1 is 1.23 bits per heavy atom. The van der Waals surface area contributed by atoms with Crippen LogP contribution in [0.1, 0.15) is 11.4 Å². The lowest BCUT2D eigenvalue weighted by Crippen LogP contribution is -2.42. The number of hydrogen-bond donors (Lipinski definition) is 0. The van der Waals surface area contributed by atoms with Gasteiger partial charge in [-0.3, -0.25) is 4.79 Å². The molecule has 2 heterocycles. The number of aromatic nitrogens is 4. The van der Waals surface area contributed by atoms with Crippen molar-refractivity contribution in [2.75, 3.05) is 32.9 Å². The fourth-order valence-electron chi connectivity index (χ4n) is 2.47. The molecule has 0 bridgehead atoms. The molecule has 1 saturated heterocycles. The van der Waals surface area contributed by atoms with E-state index in [0.29, 0.717) is 32.1 Å². The number of benzene rings is 1. The third-order valence-electron chi connectivity index (χ3n) is 3.86. The molecule has 2 aromatic rings. The van der Waals surface area contributed by atoms with Crippen molar-refractivity contribution < 1.29 is 19.1 Å². The number of ether oxygens (including phenoxy) is 2. The Bertz CT molecular complexity index is 796. The summed E-state index contributed by atoms with van der Waals surface area (Å²) >= 11 is 0. The molecule has 9 heteroatoms. The number of aryl methyl sites for hydroxylation is 1. The van der Waals surface area contributed by atoms with Gasteiger partial charge in [-0.2, -0.15) is 4.68 Å². The van der Waals surface area contributed by atoms with Gasteiger partial charge in [0, 0.05) is 13.1 Å². The van der Waals surface area contributed by atoms with Crippen LogP contribution in [-0.2, 0) is 19.1 Å². The summed E-state index contributed by atoms with van der Waals surface area (Å²) in [7, 11) is 0. The van der Waals surface area contributed by atoms with Gasteiger partial charge in [0.1, 0.15) is 0 Å². The number of rotatable bonds is 5. The third kappa shape index (κ3) is 4.31. The molecule has 1 amide bonds. The van der Waals surface area contributed by atoms with Crippen LogP contribution in [0, 0.1) is 6.92 Å². The van der Waals surface area contributed by atoms with Crippen molar-refractivity contribution in [1.29, 1.82) is 0 Å². The Morgan fingerprint density at radius 3 is 2.62 bits per heavy atom. The van der Waals surface area contributed by atoms with Gasteiger partial charge in [0.25, 0.3) is 5.91 Å². The van der Waals surface area contributed by atoms with Gasteiger partial charge in [0.2, 0.25) is 0 Å². The summed E-state index contributed by atoms with van der Waals surface area (Å²) in [5, 5.41) is 11.2. The minimum Gasteiger partial charge on any atom is -0.451 e. The molecule has 0 radical (unpaired) electrons. The highest BCUT2D eigenvalue weighted by Crippen LogP contribution is 2.13. The Balaban J connectivity index is 1.74. The van der Waals surface area contributed by atoms with Gasteiger partial charge in [-0.05, 0) is 29.0 Å². The Hall–Kier alpha value is -3.07. The molecule has 0 atom stereocenters. The molecule has 1 aromatic carbocycles. The summed E-state index contributed by atoms with van der Waals surface area (Å²) in [5.74, 6) is -0.497. The van der Waals surface area contributed by atoms with Crippen molar-refractivity contribution in [3.63, 3.8) is 0 Å². The number of morpholine rings is 1. The molecule has 0 spiro atoms. The van der Waals surface area contributed by atoms with Crippen molar-refractivity contribution in [3.05, 3.63) is 41.7 Å². The number of hydrogen-bond acceptors (Lipinski definition) is 7. The fraction of sp³-hybridized carbons (Fsp3) is 0.353. The first kappa shape index (κ1) is 17.7. The number of nitrogens with zero attached hydrogens (tertiary/aromatic N) is 5. The highest BCUT2D eigenvalue weighted by atomic mass is 16.5. The van der Waals surface area contributed by atoms with Crippen molar-refractivity contribution in [2.24, 2.45) is 0 Å². The highest BCUT2D eigenvalue weighted by Gasteiger charge is 2.22. The van der Waals surface area contributed by atoms with Crippen LogP contribution in [0.2, 0.25) is 0 Å². The van der Waals surface area contributed by atoms with Gasteiger partial charge in [-0.15, -0.1) is 5.10 Å². The lowest BCUT2D eigenvalue weighted by Gasteiger charge is -2.26. The van der Waals surface area contributed by atoms with Crippen molar-refractivity contribution in [1.82, 2.24) is 25.1 Å². The largest absolute Gasteiger partial charge is 0.451 e. The standard InChI is InChI=1S/C17H19N5O4/c1-13-18-19-20-22(13)15(11-14-5-3-2-4-6-14)17(24)26-12-16(23)21-7-9-25-10-8-21/h2-6,11H,7-10,12H2,1H3/b15-11-. The molecular weight excluding hydrogens is 338 g/mol. The van der Waals surface area contributed by atoms with E-state index in [-0.39, 0.29) is 18.2 Å². The second-order valence-electron chi connectivity index (χ2n) is 5.65. The minimum absolute atomic E-state index is 0.133. The highest BCUT2D eigenvalue weighted by molar-refractivity contribution is 6.15. The normalized spacial score (nSPS) is 15.0. The monoisotopic (exact) mass is 357 g/mol. The molecule has 1 fully saturated rings.